The van der Waals surface area contributed by atoms with Gasteiger partial charge in [0.15, 0.2) is 5.82 Å². The number of H-pyrrole nitrogens is 1. The van der Waals surface area contributed by atoms with Crippen LogP contribution in [0.1, 0.15) is 24.0 Å². The molecular formula is C20H17FN6O. The minimum atomic E-state index is -0.559. The SMILES string of the molecule is N#Cc1ccc(CC2CCCN(c3n[nH]c(-c4ccncc4)n3)C2=O)cc1F. The third-order valence-electron chi connectivity index (χ3n) is 4.85. The number of carbonyl (C=O) groups is 1. The molecule has 140 valence electrons. The lowest BCUT2D eigenvalue weighted by Crippen LogP contribution is -2.42. The Labute approximate surface area is 160 Å². The van der Waals surface area contributed by atoms with E-state index >= 15 is 0 Å². The van der Waals surface area contributed by atoms with Gasteiger partial charge in [-0.1, -0.05) is 6.07 Å². The molecule has 1 fully saturated rings. The van der Waals surface area contributed by atoms with Gasteiger partial charge in [-0.15, -0.1) is 5.10 Å². The monoisotopic (exact) mass is 376 g/mol. The molecule has 1 aliphatic rings. The van der Waals surface area contributed by atoms with Gasteiger partial charge < -0.3 is 0 Å². The Hall–Kier alpha value is -3.60. The maximum atomic E-state index is 13.9. The molecule has 2 aromatic heterocycles. The van der Waals surface area contributed by atoms with Gasteiger partial charge in [0.25, 0.3) is 5.95 Å². The average Bonchev–Trinajstić information content (AvgIpc) is 3.20. The second kappa shape index (κ2) is 7.56. The number of carbonyl (C=O) groups excluding carboxylic acids is 1. The van der Waals surface area contributed by atoms with Crippen LogP contribution in [0.5, 0.6) is 0 Å². The Morgan fingerprint density at radius 1 is 1.29 bits per heavy atom. The number of nitriles is 1. The molecule has 4 rings (SSSR count). The topological polar surface area (TPSA) is 98.6 Å². The van der Waals surface area contributed by atoms with Gasteiger partial charge in [-0.25, -0.2) is 4.39 Å². The predicted molar refractivity (Wildman–Crippen MR) is 99.5 cm³/mol. The molecule has 1 saturated heterocycles. The van der Waals surface area contributed by atoms with E-state index in [1.54, 1.807) is 29.4 Å². The number of hydrogen-bond donors (Lipinski definition) is 1. The molecule has 1 amide bonds. The first kappa shape index (κ1) is 17.8. The summed E-state index contributed by atoms with van der Waals surface area (Å²) in [5.41, 5.74) is 1.54. The molecule has 0 saturated carbocycles. The fourth-order valence-corrected chi connectivity index (χ4v) is 3.41. The summed E-state index contributed by atoms with van der Waals surface area (Å²) in [6.07, 6.45) is 5.28. The van der Waals surface area contributed by atoms with Crippen LogP contribution in [0.25, 0.3) is 11.4 Å². The Morgan fingerprint density at radius 2 is 2.11 bits per heavy atom. The number of aromatic nitrogens is 4. The highest BCUT2D eigenvalue weighted by atomic mass is 19.1. The Morgan fingerprint density at radius 3 is 2.86 bits per heavy atom. The first-order valence-corrected chi connectivity index (χ1v) is 8.98. The molecule has 0 radical (unpaired) electrons. The standard InChI is InChI=1S/C20H17FN6O/c21-17-11-13(3-4-16(17)12-22)10-15-2-1-9-27(19(15)28)20-24-18(25-26-20)14-5-7-23-8-6-14/h3-8,11,15H,1-2,9-10H2,(H,24,25,26). The first-order valence-electron chi connectivity index (χ1n) is 8.98. The van der Waals surface area contributed by atoms with Gasteiger partial charge in [-0.3, -0.25) is 19.8 Å². The highest BCUT2D eigenvalue weighted by Crippen LogP contribution is 2.26. The normalized spacial score (nSPS) is 16.8. The molecule has 0 aliphatic carbocycles. The van der Waals surface area contributed by atoms with Crippen molar-refractivity contribution in [3.63, 3.8) is 0 Å². The molecule has 1 unspecified atom stereocenters. The second-order valence-corrected chi connectivity index (χ2v) is 6.68. The number of anilines is 1. The number of nitrogens with one attached hydrogen (secondary N) is 1. The van der Waals surface area contributed by atoms with E-state index in [-0.39, 0.29) is 17.4 Å². The molecule has 0 bridgehead atoms. The minimum absolute atomic E-state index is 0.00436. The summed E-state index contributed by atoms with van der Waals surface area (Å²) in [7, 11) is 0. The van der Waals surface area contributed by atoms with Gasteiger partial charge in [-0.2, -0.15) is 10.2 Å². The smallest absolute Gasteiger partial charge is 0.251 e. The highest BCUT2D eigenvalue weighted by Gasteiger charge is 2.32. The number of pyridine rings is 1. The maximum Gasteiger partial charge on any atom is 0.251 e. The fourth-order valence-electron chi connectivity index (χ4n) is 3.41. The van der Waals surface area contributed by atoms with E-state index in [4.69, 9.17) is 5.26 Å². The first-order chi connectivity index (χ1) is 13.7. The van der Waals surface area contributed by atoms with Crippen molar-refractivity contribution in [2.45, 2.75) is 19.3 Å². The van der Waals surface area contributed by atoms with Crippen LogP contribution in [0.4, 0.5) is 10.3 Å². The maximum absolute atomic E-state index is 13.9. The lowest BCUT2D eigenvalue weighted by Gasteiger charge is -2.30. The zero-order valence-electron chi connectivity index (χ0n) is 15.0. The van der Waals surface area contributed by atoms with Crippen LogP contribution < -0.4 is 4.90 Å². The number of rotatable bonds is 4. The van der Waals surface area contributed by atoms with E-state index in [2.05, 4.69) is 20.2 Å². The average molecular weight is 376 g/mol. The van der Waals surface area contributed by atoms with E-state index in [1.165, 1.54) is 12.1 Å². The Balaban J connectivity index is 1.51. The van der Waals surface area contributed by atoms with Crippen LogP contribution in [0.2, 0.25) is 0 Å². The zero-order chi connectivity index (χ0) is 19.5. The molecule has 0 spiro atoms. The van der Waals surface area contributed by atoms with Gasteiger partial charge in [0.05, 0.1) is 5.56 Å². The van der Waals surface area contributed by atoms with E-state index in [0.717, 1.165) is 18.4 Å². The summed E-state index contributed by atoms with van der Waals surface area (Å²) < 4.78 is 13.9. The molecule has 1 aliphatic heterocycles. The van der Waals surface area contributed by atoms with Crippen molar-refractivity contribution in [1.29, 1.82) is 5.26 Å². The van der Waals surface area contributed by atoms with Crippen molar-refractivity contribution in [2.75, 3.05) is 11.4 Å². The van der Waals surface area contributed by atoms with Crippen molar-refractivity contribution in [3.05, 3.63) is 59.7 Å². The zero-order valence-corrected chi connectivity index (χ0v) is 15.0. The van der Waals surface area contributed by atoms with E-state index in [9.17, 15) is 9.18 Å². The van der Waals surface area contributed by atoms with Crippen LogP contribution in [-0.2, 0) is 11.2 Å². The fraction of sp³-hybridized carbons (Fsp3) is 0.250. The largest absolute Gasteiger partial charge is 0.279 e. The number of hydrogen-bond acceptors (Lipinski definition) is 5. The molecule has 8 heteroatoms. The summed E-state index contributed by atoms with van der Waals surface area (Å²) in [6, 6.07) is 9.90. The molecule has 1 N–H and O–H groups in total. The lowest BCUT2D eigenvalue weighted by atomic mass is 9.90. The molecule has 3 aromatic rings. The Kier molecular flexibility index (Phi) is 4.81. The van der Waals surface area contributed by atoms with Crippen molar-refractivity contribution >= 4 is 11.9 Å². The number of aromatic amines is 1. The highest BCUT2D eigenvalue weighted by molar-refractivity contribution is 5.94. The van der Waals surface area contributed by atoms with Crippen LogP contribution in [0.3, 0.4) is 0 Å². The van der Waals surface area contributed by atoms with Crippen LogP contribution in [0.15, 0.2) is 42.7 Å². The van der Waals surface area contributed by atoms with Crippen molar-refractivity contribution in [2.24, 2.45) is 5.92 Å². The van der Waals surface area contributed by atoms with E-state index < -0.39 is 5.82 Å². The minimum Gasteiger partial charge on any atom is -0.279 e. The third-order valence-corrected chi connectivity index (χ3v) is 4.85. The van der Waals surface area contributed by atoms with Crippen molar-refractivity contribution < 1.29 is 9.18 Å². The summed E-state index contributed by atoms with van der Waals surface area (Å²) in [4.78, 5) is 23.0. The van der Waals surface area contributed by atoms with Gasteiger partial charge in [0, 0.05) is 30.4 Å². The van der Waals surface area contributed by atoms with E-state index in [1.807, 2.05) is 12.1 Å². The second-order valence-electron chi connectivity index (χ2n) is 6.68. The van der Waals surface area contributed by atoms with Gasteiger partial charge in [-0.05, 0) is 49.1 Å². The van der Waals surface area contributed by atoms with Gasteiger partial charge in [0.2, 0.25) is 5.91 Å². The number of piperidine rings is 1. The number of halogens is 1. The van der Waals surface area contributed by atoms with Crippen LogP contribution >= 0.6 is 0 Å². The molecule has 1 aromatic carbocycles. The molecule has 1 atom stereocenters. The lowest BCUT2D eigenvalue weighted by molar-refractivity contribution is -0.123. The quantitative estimate of drug-likeness (QED) is 0.755. The summed E-state index contributed by atoms with van der Waals surface area (Å²) in [6.45, 7) is 0.546. The third kappa shape index (κ3) is 3.47. The van der Waals surface area contributed by atoms with Crippen LogP contribution in [0, 0.1) is 23.1 Å². The number of nitrogens with zero attached hydrogens (tertiary/aromatic N) is 5. The summed E-state index contributed by atoms with van der Waals surface area (Å²) >= 11 is 0. The van der Waals surface area contributed by atoms with Crippen molar-refractivity contribution in [3.8, 4) is 17.5 Å². The van der Waals surface area contributed by atoms with Crippen LogP contribution in [-0.4, -0.2) is 32.6 Å². The predicted octanol–water partition coefficient (Wildman–Crippen LogP) is 2.86. The molecular weight excluding hydrogens is 359 g/mol. The summed E-state index contributed by atoms with van der Waals surface area (Å²) in [5.74, 6) is 0.00494. The molecule has 28 heavy (non-hydrogen) atoms. The Bertz CT molecular complexity index is 1040. The van der Waals surface area contributed by atoms with Crippen molar-refractivity contribution in [1.82, 2.24) is 20.2 Å². The summed E-state index contributed by atoms with van der Waals surface area (Å²) in [5, 5.41) is 15.9. The molecule has 3 heterocycles. The molecule has 7 nitrogen and oxygen atoms in total. The van der Waals surface area contributed by atoms with E-state index in [0.29, 0.717) is 30.3 Å². The van der Waals surface area contributed by atoms with Gasteiger partial charge >= 0.3 is 0 Å². The number of benzene rings is 1. The van der Waals surface area contributed by atoms with Gasteiger partial charge in [0.1, 0.15) is 11.9 Å². The number of amides is 1.